The third kappa shape index (κ3) is 3.68. The van der Waals surface area contributed by atoms with Gasteiger partial charge in [-0.15, -0.1) is 0 Å². The second kappa shape index (κ2) is 6.79. The Balaban J connectivity index is 1.85. The number of para-hydroxylation sites is 1. The van der Waals surface area contributed by atoms with Crippen LogP contribution in [0.2, 0.25) is 0 Å². The molecule has 0 amide bonds. The van der Waals surface area contributed by atoms with Crippen molar-refractivity contribution < 1.29 is 0 Å². The summed E-state index contributed by atoms with van der Waals surface area (Å²) >= 11 is 3.57. The highest BCUT2D eigenvalue weighted by Crippen LogP contribution is 2.27. The van der Waals surface area contributed by atoms with Gasteiger partial charge in [0.1, 0.15) is 5.82 Å². The van der Waals surface area contributed by atoms with Crippen LogP contribution in [-0.2, 0) is 0 Å². The van der Waals surface area contributed by atoms with Crippen molar-refractivity contribution in [2.24, 2.45) is 0 Å². The summed E-state index contributed by atoms with van der Waals surface area (Å²) in [6, 6.07) is 18.1. The molecule has 0 saturated carbocycles. The first-order chi connectivity index (χ1) is 11.1. The lowest BCUT2D eigenvalue weighted by molar-refractivity contribution is 1.04. The van der Waals surface area contributed by atoms with Gasteiger partial charge in [-0.1, -0.05) is 24.3 Å². The van der Waals surface area contributed by atoms with Crippen LogP contribution in [0.3, 0.4) is 0 Å². The van der Waals surface area contributed by atoms with Crippen LogP contribution in [0.1, 0.15) is 5.56 Å². The molecule has 4 nitrogen and oxygen atoms in total. The molecular formula is C18H17BrN4. The molecule has 0 saturated heterocycles. The number of hydrogen-bond donors (Lipinski definition) is 1. The normalized spacial score (nSPS) is 10.4. The molecule has 0 aliphatic carbocycles. The smallest absolute Gasteiger partial charge is 0.231 e. The number of hydrogen-bond acceptors (Lipinski definition) is 4. The molecule has 5 heteroatoms. The van der Waals surface area contributed by atoms with Crippen molar-refractivity contribution in [2.75, 3.05) is 17.3 Å². The Bertz CT molecular complexity index is 805. The van der Waals surface area contributed by atoms with Gasteiger partial charge >= 0.3 is 0 Å². The van der Waals surface area contributed by atoms with Crippen LogP contribution in [-0.4, -0.2) is 17.0 Å². The maximum absolute atomic E-state index is 4.59. The average molecular weight is 369 g/mol. The van der Waals surface area contributed by atoms with E-state index in [0.29, 0.717) is 5.95 Å². The Hall–Kier alpha value is -2.40. The van der Waals surface area contributed by atoms with Crippen LogP contribution in [0.5, 0.6) is 0 Å². The Morgan fingerprint density at radius 3 is 2.57 bits per heavy atom. The molecule has 116 valence electrons. The summed E-state index contributed by atoms with van der Waals surface area (Å²) in [6.45, 7) is 2.06. The van der Waals surface area contributed by atoms with E-state index >= 15 is 0 Å². The van der Waals surface area contributed by atoms with Gasteiger partial charge in [-0.25, -0.2) is 4.98 Å². The SMILES string of the molecule is Cc1ccc(Nc2ccnc(N(C)c3ccccc3)n2)c(Br)c1. The molecule has 0 radical (unpaired) electrons. The van der Waals surface area contributed by atoms with Crippen LogP contribution >= 0.6 is 15.9 Å². The van der Waals surface area contributed by atoms with Crippen molar-refractivity contribution in [3.05, 3.63) is 70.8 Å². The summed E-state index contributed by atoms with van der Waals surface area (Å²) < 4.78 is 1.01. The fourth-order valence-electron chi connectivity index (χ4n) is 2.21. The summed E-state index contributed by atoms with van der Waals surface area (Å²) in [5.74, 6) is 1.40. The largest absolute Gasteiger partial charge is 0.339 e. The zero-order valence-electron chi connectivity index (χ0n) is 13.0. The first-order valence-corrected chi connectivity index (χ1v) is 8.08. The summed E-state index contributed by atoms with van der Waals surface area (Å²) in [5, 5.41) is 3.32. The van der Waals surface area contributed by atoms with Gasteiger partial charge in [0.05, 0.1) is 5.69 Å². The van der Waals surface area contributed by atoms with E-state index in [2.05, 4.69) is 50.3 Å². The fourth-order valence-corrected chi connectivity index (χ4v) is 2.80. The third-order valence-electron chi connectivity index (χ3n) is 3.47. The number of benzene rings is 2. The van der Waals surface area contributed by atoms with Gasteiger partial charge in [0.15, 0.2) is 0 Å². The molecule has 23 heavy (non-hydrogen) atoms. The van der Waals surface area contributed by atoms with Gasteiger partial charge < -0.3 is 10.2 Å². The van der Waals surface area contributed by atoms with Gasteiger partial charge in [0, 0.05) is 23.4 Å². The maximum atomic E-state index is 4.59. The molecule has 0 fully saturated rings. The summed E-state index contributed by atoms with van der Waals surface area (Å²) in [4.78, 5) is 10.9. The molecular weight excluding hydrogens is 352 g/mol. The number of nitrogens with zero attached hydrogens (tertiary/aromatic N) is 3. The standard InChI is InChI=1S/C18H17BrN4/c1-13-8-9-16(15(19)12-13)21-17-10-11-20-18(22-17)23(2)14-6-4-3-5-7-14/h3-12H,1-2H3,(H,20,21,22). The van der Waals surface area contributed by atoms with Crippen molar-refractivity contribution in [1.82, 2.24) is 9.97 Å². The number of aromatic nitrogens is 2. The Kier molecular flexibility index (Phi) is 4.57. The summed E-state index contributed by atoms with van der Waals surface area (Å²) in [6.07, 6.45) is 1.76. The highest BCUT2D eigenvalue weighted by atomic mass is 79.9. The first kappa shape index (κ1) is 15.5. The van der Waals surface area contributed by atoms with Crippen LogP contribution in [0.15, 0.2) is 65.3 Å². The topological polar surface area (TPSA) is 41.1 Å². The predicted molar refractivity (Wildman–Crippen MR) is 98.7 cm³/mol. The quantitative estimate of drug-likeness (QED) is 0.698. The van der Waals surface area contributed by atoms with Gasteiger partial charge in [-0.3, -0.25) is 0 Å². The molecule has 1 heterocycles. The van der Waals surface area contributed by atoms with E-state index in [0.717, 1.165) is 21.7 Å². The van der Waals surface area contributed by atoms with Crippen molar-refractivity contribution in [3.63, 3.8) is 0 Å². The third-order valence-corrected chi connectivity index (χ3v) is 4.13. The molecule has 0 bridgehead atoms. The first-order valence-electron chi connectivity index (χ1n) is 7.28. The van der Waals surface area contributed by atoms with Gasteiger partial charge in [-0.2, -0.15) is 4.98 Å². The van der Waals surface area contributed by atoms with E-state index in [9.17, 15) is 0 Å². The zero-order chi connectivity index (χ0) is 16.2. The number of aryl methyl sites for hydroxylation is 1. The summed E-state index contributed by atoms with van der Waals surface area (Å²) in [7, 11) is 1.95. The molecule has 0 unspecified atom stereocenters. The maximum Gasteiger partial charge on any atom is 0.231 e. The van der Waals surface area contributed by atoms with Crippen LogP contribution in [0.25, 0.3) is 0 Å². The molecule has 3 aromatic rings. The minimum Gasteiger partial charge on any atom is -0.339 e. The van der Waals surface area contributed by atoms with Crippen molar-refractivity contribution in [3.8, 4) is 0 Å². The molecule has 3 rings (SSSR count). The fraction of sp³-hybridized carbons (Fsp3) is 0.111. The van der Waals surface area contributed by atoms with Gasteiger partial charge in [-0.05, 0) is 58.7 Å². The van der Waals surface area contributed by atoms with E-state index in [4.69, 9.17) is 0 Å². The van der Waals surface area contributed by atoms with Crippen LogP contribution in [0.4, 0.5) is 23.1 Å². The lowest BCUT2D eigenvalue weighted by atomic mass is 10.2. The van der Waals surface area contributed by atoms with E-state index in [1.807, 2.05) is 54.4 Å². The van der Waals surface area contributed by atoms with Crippen molar-refractivity contribution in [2.45, 2.75) is 6.92 Å². The molecule has 2 aromatic carbocycles. The second-order valence-electron chi connectivity index (χ2n) is 5.24. The highest BCUT2D eigenvalue weighted by molar-refractivity contribution is 9.10. The predicted octanol–water partition coefficient (Wildman–Crippen LogP) is 5.06. The molecule has 0 spiro atoms. The molecule has 1 aromatic heterocycles. The number of rotatable bonds is 4. The van der Waals surface area contributed by atoms with E-state index < -0.39 is 0 Å². The van der Waals surface area contributed by atoms with Gasteiger partial charge in [0.25, 0.3) is 0 Å². The minimum absolute atomic E-state index is 0.643. The Morgan fingerprint density at radius 1 is 1.04 bits per heavy atom. The number of halogens is 1. The Labute approximate surface area is 144 Å². The number of nitrogens with one attached hydrogen (secondary N) is 1. The molecule has 0 atom stereocenters. The second-order valence-corrected chi connectivity index (χ2v) is 6.10. The zero-order valence-corrected chi connectivity index (χ0v) is 14.6. The Morgan fingerprint density at radius 2 is 1.83 bits per heavy atom. The van der Waals surface area contributed by atoms with E-state index in [-0.39, 0.29) is 0 Å². The minimum atomic E-state index is 0.643. The average Bonchev–Trinajstić information content (AvgIpc) is 2.58. The highest BCUT2D eigenvalue weighted by Gasteiger charge is 2.08. The van der Waals surface area contributed by atoms with Crippen molar-refractivity contribution in [1.29, 1.82) is 0 Å². The van der Waals surface area contributed by atoms with Gasteiger partial charge in [0.2, 0.25) is 5.95 Å². The van der Waals surface area contributed by atoms with Crippen LogP contribution < -0.4 is 10.2 Å². The van der Waals surface area contributed by atoms with Crippen LogP contribution in [0, 0.1) is 6.92 Å². The molecule has 1 N–H and O–H groups in total. The van der Waals surface area contributed by atoms with E-state index in [1.165, 1.54) is 5.56 Å². The number of anilines is 4. The molecule has 0 aliphatic rings. The summed E-state index contributed by atoms with van der Waals surface area (Å²) in [5.41, 5.74) is 3.22. The monoisotopic (exact) mass is 368 g/mol. The van der Waals surface area contributed by atoms with E-state index in [1.54, 1.807) is 6.20 Å². The lowest BCUT2D eigenvalue weighted by Gasteiger charge is -2.18. The lowest BCUT2D eigenvalue weighted by Crippen LogP contribution is -2.13. The molecule has 0 aliphatic heterocycles. The van der Waals surface area contributed by atoms with Crippen molar-refractivity contribution >= 4 is 39.1 Å².